The standard InChI is InChI=1S/C14H18F2N2O3/c1-14(2,3)21-13(20)18-11(12(17)19)6-8-4-9(15)7-10(16)5-8/h4-5,7,11H,6H2,1-3H3,(H2,17,19)(H,18,20). The fraction of sp³-hybridized carbons (Fsp3) is 0.429. The van der Waals surface area contributed by atoms with Crippen molar-refractivity contribution in [2.45, 2.75) is 38.8 Å². The molecule has 2 amide bonds. The van der Waals surface area contributed by atoms with E-state index in [9.17, 15) is 18.4 Å². The molecule has 1 rings (SSSR count). The van der Waals surface area contributed by atoms with Crippen molar-refractivity contribution in [1.29, 1.82) is 0 Å². The average molecular weight is 300 g/mol. The number of benzene rings is 1. The summed E-state index contributed by atoms with van der Waals surface area (Å²) in [6.45, 7) is 4.98. The molecule has 0 fully saturated rings. The predicted octanol–water partition coefficient (Wildman–Crippen LogP) is 1.89. The second-order valence-electron chi connectivity index (χ2n) is 5.58. The second-order valence-corrected chi connectivity index (χ2v) is 5.58. The zero-order valence-corrected chi connectivity index (χ0v) is 12.1. The Morgan fingerprint density at radius 1 is 1.24 bits per heavy atom. The smallest absolute Gasteiger partial charge is 0.408 e. The lowest BCUT2D eigenvalue weighted by Crippen LogP contribution is -2.47. The number of alkyl carbamates (subject to hydrolysis) is 1. The number of carbonyl (C=O) groups is 2. The third kappa shape index (κ3) is 6.20. The normalized spacial score (nSPS) is 12.6. The minimum Gasteiger partial charge on any atom is -0.444 e. The molecule has 0 spiro atoms. The molecule has 1 aromatic rings. The van der Waals surface area contributed by atoms with Crippen LogP contribution in [0.15, 0.2) is 18.2 Å². The fourth-order valence-corrected chi connectivity index (χ4v) is 1.64. The molecule has 1 aromatic carbocycles. The first-order valence-corrected chi connectivity index (χ1v) is 6.30. The van der Waals surface area contributed by atoms with Crippen molar-refractivity contribution in [2.24, 2.45) is 5.73 Å². The molecule has 21 heavy (non-hydrogen) atoms. The quantitative estimate of drug-likeness (QED) is 0.891. The van der Waals surface area contributed by atoms with Crippen molar-refractivity contribution in [3.8, 4) is 0 Å². The summed E-state index contributed by atoms with van der Waals surface area (Å²) in [5.41, 5.74) is 4.64. The van der Waals surface area contributed by atoms with Crippen molar-refractivity contribution < 1.29 is 23.1 Å². The number of nitrogens with one attached hydrogen (secondary N) is 1. The minimum atomic E-state index is -1.12. The number of nitrogens with two attached hydrogens (primary N) is 1. The van der Waals surface area contributed by atoms with Gasteiger partial charge in [0.2, 0.25) is 5.91 Å². The van der Waals surface area contributed by atoms with E-state index in [4.69, 9.17) is 10.5 Å². The highest BCUT2D eigenvalue weighted by atomic mass is 19.1. The Morgan fingerprint density at radius 2 is 1.76 bits per heavy atom. The molecule has 0 aliphatic rings. The van der Waals surface area contributed by atoms with Gasteiger partial charge in [0.05, 0.1) is 0 Å². The van der Waals surface area contributed by atoms with Crippen LogP contribution in [0.25, 0.3) is 0 Å². The average Bonchev–Trinajstić information content (AvgIpc) is 2.23. The molecule has 0 bridgehead atoms. The van der Waals surface area contributed by atoms with Gasteiger partial charge in [-0.15, -0.1) is 0 Å². The first-order valence-electron chi connectivity index (χ1n) is 6.30. The minimum absolute atomic E-state index is 0.136. The van der Waals surface area contributed by atoms with Crippen LogP contribution in [0.4, 0.5) is 13.6 Å². The Balaban J connectivity index is 2.78. The van der Waals surface area contributed by atoms with Crippen LogP contribution >= 0.6 is 0 Å². The largest absolute Gasteiger partial charge is 0.444 e. The molecular weight excluding hydrogens is 282 g/mol. The SMILES string of the molecule is CC(C)(C)OC(=O)NC(Cc1cc(F)cc(F)c1)C(N)=O. The van der Waals surface area contributed by atoms with Gasteiger partial charge in [0.1, 0.15) is 23.3 Å². The van der Waals surface area contributed by atoms with E-state index in [1.807, 2.05) is 0 Å². The third-order valence-corrected chi connectivity index (χ3v) is 2.40. The molecule has 0 radical (unpaired) electrons. The molecule has 1 atom stereocenters. The maximum atomic E-state index is 13.1. The Bertz CT molecular complexity index is 521. The van der Waals surface area contributed by atoms with Crippen LogP contribution < -0.4 is 11.1 Å². The van der Waals surface area contributed by atoms with Crippen molar-refractivity contribution in [3.05, 3.63) is 35.4 Å². The number of rotatable bonds is 4. The van der Waals surface area contributed by atoms with Gasteiger partial charge in [-0.2, -0.15) is 0 Å². The van der Waals surface area contributed by atoms with Crippen molar-refractivity contribution >= 4 is 12.0 Å². The maximum Gasteiger partial charge on any atom is 0.408 e. The number of hydrogen-bond donors (Lipinski definition) is 2. The van der Waals surface area contributed by atoms with E-state index in [0.717, 1.165) is 12.1 Å². The number of ether oxygens (including phenoxy) is 1. The molecule has 116 valence electrons. The lowest BCUT2D eigenvalue weighted by molar-refractivity contribution is -0.120. The van der Waals surface area contributed by atoms with Crippen LogP contribution in [0, 0.1) is 11.6 Å². The van der Waals surface area contributed by atoms with E-state index in [2.05, 4.69) is 5.32 Å². The molecule has 5 nitrogen and oxygen atoms in total. The van der Waals surface area contributed by atoms with Crippen LogP contribution in [0.3, 0.4) is 0 Å². The zero-order chi connectivity index (χ0) is 16.2. The summed E-state index contributed by atoms with van der Waals surface area (Å²) < 4.78 is 31.2. The highest BCUT2D eigenvalue weighted by Crippen LogP contribution is 2.11. The number of halogens is 2. The summed E-state index contributed by atoms with van der Waals surface area (Å²) in [6, 6.07) is 1.72. The molecule has 3 N–H and O–H groups in total. The molecular formula is C14H18F2N2O3. The molecule has 0 saturated carbocycles. The van der Waals surface area contributed by atoms with Gasteiger partial charge in [-0.25, -0.2) is 13.6 Å². The van der Waals surface area contributed by atoms with Crippen LogP contribution in [0.2, 0.25) is 0 Å². The Kier molecular flexibility index (Phi) is 5.23. The van der Waals surface area contributed by atoms with E-state index in [1.54, 1.807) is 20.8 Å². The van der Waals surface area contributed by atoms with Gasteiger partial charge in [0, 0.05) is 12.5 Å². The molecule has 0 aliphatic heterocycles. The fourth-order valence-electron chi connectivity index (χ4n) is 1.64. The van der Waals surface area contributed by atoms with Crippen LogP contribution in [0.5, 0.6) is 0 Å². The summed E-state index contributed by atoms with van der Waals surface area (Å²) in [7, 11) is 0. The topological polar surface area (TPSA) is 81.4 Å². The number of carbonyl (C=O) groups excluding carboxylic acids is 2. The van der Waals surface area contributed by atoms with Crippen LogP contribution in [0.1, 0.15) is 26.3 Å². The lowest BCUT2D eigenvalue weighted by Gasteiger charge is -2.22. The van der Waals surface area contributed by atoms with Gasteiger partial charge in [-0.05, 0) is 38.5 Å². The molecule has 0 aliphatic carbocycles. The number of amides is 2. The summed E-state index contributed by atoms with van der Waals surface area (Å²) in [6.07, 6.45) is -0.966. The highest BCUT2D eigenvalue weighted by molar-refractivity contribution is 5.84. The summed E-state index contributed by atoms with van der Waals surface area (Å²) >= 11 is 0. The van der Waals surface area contributed by atoms with Gasteiger partial charge >= 0.3 is 6.09 Å². The van der Waals surface area contributed by atoms with Gasteiger partial charge in [0.15, 0.2) is 0 Å². The van der Waals surface area contributed by atoms with E-state index >= 15 is 0 Å². The third-order valence-electron chi connectivity index (χ3n) is 2.40. The summed E-state index contributed by atoms with van der Waals surface area (Å²) in [5, 5.41) is 2.28. The van der Waals surface area contributed by atoms with Crippen LogP contribution in [-0.2, 0) is 16.0 Å². The first kappa shape index (κ1) is 16.9. The number of hydrogen-bond acceptors (Lipinski definition) is 3. The molecule has 1 unspecified atom stereocenters. The Hall–Kier alpha value is -2.18. The highest BCUT2D eigenvalue weighted by Gasteiger charge is 2.23. The predicted molar refractivity (Wildman–Crippen MR) is 72.4 cm³/mol. The maximum absolute atomic E-state index is 13.1. The van der Waals surface area contributed by atoms with E-state index in [-0.39, 0.29) is 12.0 Å². The van der Waals surface area contributed by atoms with Crippen molar-refractivity contribution in [2.75, 3.05) is 0 Å². The Morgan fingerprint density at radius 3 is 2.19 bits per heavy atom. The van der Waals surface area contributed by atoms with Crippen molar-refractivity contribution in [3.63, 3.8) is 0 Å². The molecule has 0 heterocycles. The van der Waals surface area contributed by atoms with Gasteiger partial charge < -0.3 is 15.8 Å². The van der Waals surface area contributed by atoms with Crippen molar-refractivity contribution in [1.82, 2.24) is 5.32 Å². The number of primary amides is 1. The zero-order valence-electron chi connectivity index (χ0n) is 12.1. The van der Waals surface area contributed by atoms with E-state index in [1.165, 1.54) is 0 Å². The summed E-state index contributed by atoms with van der Waals surface area (Å²) in [5.74, 6) is -2.37. The van der Waals surface area contributed by atoms with Gasteiger partial charge in [0.25, 0.3) is 0 Å². The summed E-state index contributed by atoms with van der Waals surface area (Å²) in [4.78, 5) is 22.9. The Labute approximate surface area is 121 Å². The lowest BCUT2D eigenvalue weighted by atomic mass is 10.1. The van der Waals surface area contributed by atoms with Gasteiger partial charge in [-0.3, -0.25) is 4.79 Å². The molecule has 0 aromatic heterocycles. The second kappa shape index (κ2) is 6.51. The molecule has 7 heteroatoms. The first-order chi connectivity index (χ1) is 9.56. The van der Waals surface area contributed by atoms with E-state index in [0.29, 0.717) is 6.07 Å². The van der Waals surface area contributed by atoms with E-state index < -0.39 is 35.3 Å². The van der Waals surface area contributed by atoms with Crippen LogP contribution in [-0.4, -0.2) is 23.6 Å². The monoisotopic (exact) mass is 300 g/mol. The molecule has 0 saturated heterocycles. The van der Waals surface area contributed by atoms with Gasteiger partial charge in [-0.1, -0.05) is 0 Å².